The maximum absolute atomic E-state index is 10.6. The van der Waals surface area contributed by atoms with E-state index in [-0.39, 0.29) is 51.3 Å². The van der Waals surface area contributed by atoms with Crippen LogP contribution in [0.25, 0.3) is 0 Å². The zero-order chi connectivity index (χ0) is 11.5. The maximum atomic E-state index is 10.6. The second kappa shape index (κ2) is 7.01. The van der Waals surface area contributed by atoms with Crippen molar-refractivity contribution in [3.8, 4) is 0 Å². The summed E-state index contributed by atoms with van der Waals surface area (Å²) in [5.74, 6) is -1.59. The van der Waals surface area contributed by atoms with E-state index in [9.17, 15) is 4.79 Å². The molecule has 0 aromatic rings. The molecule has 1 aliphatic heterocycles. The van der Waals surface area contributed by atoms with E-state index in [1.807, 2.05) is 0 Å². The Hall–Kier alpha value is 0.454. The molecule has 1 fully saturated rings. The molecule has 6 heteroatoms. The molecule has 5 nitrogen and oxygen atoms in total. The molecule has 0 unspecified atom stereocenters. The van der Waals surface area contributed by atoms with E-state index in [1.165, 1.54) is 0 Å². The van der Waals surface area contributed by atoms with Gasteiger partial charge >= 0.3 is 5.97 Å². The van der Waals surface area contributed by atoms with Gasteiger partial charge in [-0.3, -0.25) is 4.79 Å². The monoisotopic (exact) mass is 307 g/mol. The van der Waals surface area contributed by atoms with Crippen LogP contribution >= 0.6 is 0 Å². The van der Waals surface area contributed by atoms with Crippen molar-refractivity contribution in [1.29, 1.82) is 0 Å². The number of aliphatic carboxylic acids is 1. The van der Waals surface area contributed by atoms with E-state index < -0.39 is 11.8 Å². The predicted molar refractivity (Wildman–Crippen MR) is 52.6 cm³/mol. The van der Waals surface area contributed by atoms with E-state index in [1.54, 1.807) is 21.0 Å². The second-order valence-electron chi connectivity index (χ2n) is 4.17. The Morgan fingerprint density at radius 3 is 2.50 bits per heavy atom. The number of methoxy groups -OCH3 is 1. The second-order valence-corrected chi connectivity index (χ2v) is 4.17. The molecule has 2 atom stereocenters. The van der Waals surface area contributed by atoms with Crippen molar-refractivity contribution in [3.05, 3.63) is 0 Å². The molecule has 0 saturated carbocycles. The first-order valence-corrected chi connectivity index (χ1v) is 4.99. The molecule has 0 aromatic heterocycles. The van der Waals surface area contributed by atoms with Gasteiger partial charge in [0.1, 0.15) is 0 Å². The molecule has 1 saturated heterocycles. The van der Waals surface area contributed by atoms with Crippen LogP contribution in [0, 0.1) is 0 Å². The van der Waals surface area contributed by atoms with Gasteiger partial charge in [0.2, 0.25) is 0 Å². The first-order chi connectivity index (χ1) is 6.93. The minimum atomic E-state index is -0.853. The molecule has 0 bridgehead atoms. The van der Waals surface area contributed by atoms with Gasteiger partial charge in [-0.25, -0.2) is 0 Å². The third kappa shape index (κ3) is 5.68. The normalized spacial score (nSPS) is 28.2. The summed E-state index contributed by atoms with van der Waals surface area (Å²) in [4.78, 5) is 10.6. The number of carbonyl (C=O) groups is 1. The molecule has 0 spiro atoms. The van der Waals surface area contributed by atoms with Crippen molar-refractivity contribution in [2.75, 3.05) is 13.7 Å². The molecule has 1 radical (unpaired) electrons. The Kier molecular flexibility index (Phi) is 7.21. The summed E-state index contributed by atoms with van der Waals surface area (Å²) in [5, 5.41) is 8.70. The van der Waals surface area contributed by atoms with Crippen LogP contribution < -0.4 is 0 Å². The fourth-order valence-corrected chi connectivity index (χ4v) is 1.83. The molecule has 1 aliphatic rings. The summed E-state index contributed by atoms with van der Waals surface area (Å²) in [6.45, 7) is 4.02. The number of rotatable bonds is 4. The molecule has 16 heavy (non-hydrogen) atoms. The topological polar surface area (TPSA) is 65.0 Å². The summed E-state index contributed by atoms with van der Waals surface area (Å²) < 4.78 is 16.1. The van der Waals surface area contributed by atoms with Crippen molar-refractivity contribution in [1.82, 2.24) is 0 Å². The maximum Gasteiger partial charge on any atom is 0.305 e. The molecular weight excluding hydrogens is 289 g/mol. The zero-order valence-electron chi connectivity index (χ0n) is 9.93. The van der Waals surface area contributed by atoms with Crippen LogP contribution in [0.15, 0.2) is 0 Å². The van der Waals surface area contributed by atoms with Gasteiger partial charge in [-0.2, -0.15) is 0 Å². The van der Waals surface area contributed by atoms with Gasteiger partial charge in [0.25, 0.3) is 0 Å². The predicted octanol–water partition coefficient (Wildman–Crippen LogP) is 1.02. The Morgan fingerprint density at radius 1 is 1.44 bits per heavy atom. The average molecular weight is 307 g/mol. The molecule has 91 valence electrons. The van der Waals surface area contributed by atoms with E-state index >= 15 is 0 Å². The molecular formula is C10H18O5Y. The molecule has 0 amide bonds. The van der Waals surface area contributed by atoms with Crippen LogP contribution in [0.2, 0.25) is 0 Å². The number of hydrogen-bond acceptors (Lipinski definition) is 4. The Balaban J connectivity index is 0.00000225. The Bertz CT molecular complexity index is 231. The van der Waals surface area contributed by atoms with E-state index in [2.05, 4.69) is 0 Å². The number of hydrogen-bond donors (Lipinski definition) is 1. The quantitative estimate of drug-likeness (QED) is 0.840. The third-order valence-electron chi connectivity index (χ3n) is 2.18. The zero-order valence-corrected chi connectivity index (χ0v) is 12.8. The van der Waals surface area contributed by atoms with Crippen molar-refractivity contribution < 1.29 is 56.8 Å². The van der Waals surface area contributed by atoms with E-state index in [4.69, 9.17) is 19.3 Å². The summed E-state index contributed by atoms with van der Waals surface area (Å²) in [5.41, 5.74) is 0. The van der Waals surface area contributed by atoms with E-state index in [0.29, 0.717) is 13.0 Å². The van der Waals surface area contributed by atoms with Crippen molar-refractivity contribution in [2.45, 2.75) is 44.7 Å². The van der Waals surface area contributed by atoms with Crippen molar-refractivity contribution in [2.24, 2.45) is 0 Å². The molecule has 0 aliphatic carbocycles. The summed E-state index contributed by atoms with van der Waals surface area (Å²) >= 11 is 0. The molecule has 1 N–H and O–H groups in total. The van der Waals surface area contributed by atoms with Gasteiger partial charge in [-0.15, -0.1) is 0 Å². The smallest absolute Gasteiger partial charge is 0.305 e. The first kappa shape index (κ1) is 16.5. The van der Waals surface area contributed by atoms with Gasteiger partial charge in [0.05, 0.1) is 25.2 Å². The van der Waals surface area contributed by atoms with Crippen LogP contribution in [0.3, 0.4) is 0 Å². The first-order valence-electron chi connectivity index (χ1n) is 4.99. The minimum absolute atomic E-state index is 0. The van der Waals surface area contributed by atoms with Gasteiger partial charge < -0.3 is 19.3 Å². The molecule has 1 rings (SSSR count). The van der Waals surface area contributed by atoms with Gasteiger partial charge in [0.15, 0.2) is 5.79 Å². The average Bonchev–Trinajstić information content (AvgIpc) is 1.99. The standard InChI is InChI=1S/C10H18O5.Y/c1-10(2)14-7(5-9(11)12)4-8(15-10)6-13-3;/h7-8H,4-6H2,1-3H3,(H,11,12);/t7-,8+;/m1./s1. The van der Waals surface area contributed by atoms with Crippen LogP contribution in [0.5, 0.6) is 0 Å². The number of carboxylic acid groups (broad SMARTS) is 1. The summed E-state index contributed by atoms with van der Waals surface area (Å²) in [7, 11) is 1.60. The summed E-state index contributed by atoms with van der Waals surface area (Å²) in [6, 6.07) is 0. The summed E-state index contributed by atoms with van der Waals surface area (Å²) in [6.07, 6.45) is 0.172. The van der Waals surface area contributed by atoms with Crippen LogP contribution in [-0.2, 0) is 51.7 Å². The largest absolute Gasteiger partial charge is 0.481 e. The Labute approximate surface area is 121 Å². The van der Waals surface area contributed by atoms with Gasteiger partial charge in [0, 0.05) is 46.2 Å². The van der Waals surface area contributed by atoms with Gasteiger partial charge in [-0.1, -0.05) is 0 Å². The van der Waals surface area contributed by atoms with Crippen LogP contribution in [-0.4, -0.2) is 42.8 Å². The SMILES string of the molecule is COC[C@@H]1C[C@H](CC(=O)O)OC(C)(C)O1.[Y]. The number of carboxylic acids is 1. The third-order valence-corrected chi connectivity index (χ3v) is 2.18. The van der Waals surface area contributed by atoms with Crippen molar-refractivity contribution >= 4 is 5.97 Å². The number of ether oxygens (including phenoxy) is 3. The van der Waals surface area contributed by atoms with Crippen molar-refractivity contribution in [3.63, 3.8) is 0 Å². The van der Waals surface area contributed by atoms with E-state index in [0.717, 1.165) is 0 Å². The Morgan fingerprint density at radius 2 is 2.00 bits per heavy atom. The van der Waals surface area contributed by atoms with Crippen LogP contribution in [0.4, 0.5) is 0 Å². The van der Waals surface area contributed by atoms with Gasteiger partial charge in [-0.05, 0) is 13.8 Å². The fourth-order valence-electron chi connectivity index (χ4n) is 1.83. The molecule has 0 aromatic carbocycles. The van der Waals surface area contributed by atoms with Crippen LogP contribution in [0.1, 0.15) is 26.7 Å². The fraction of sp³-hybridized carbons (Fsp3) is 0.900. The minimum Gasteiger partial charge on any atom is -0.481 e. The molecule has 1 heterocycles.